The quantitative estimate of drug-likeness (QED) is 0.864. The first-order chi connectivity index (χ1) is 9.79. The fourth-order valence-corrected chi connectivity index (χ4v) is 3.05. The van der Waals surface area contributed by atoms with E-state index in [1.54, 1.807) is 16.7 Å². The molecule has 5 nitrogen and oxygen atoms in total. The minimum absolute atomic E-state index is 0.00563. The van der Waals surface area contributed by atoms with Crippen molar-refractivity contribution in [1.29, 1.82) is 0 Å². The van der Waals surface area contributed by atoms with Gasteiger partial charge < -0.3 is 4.90 Å². The third-order valence-electron chi connectivity index (χ3n) is 3.33. The molecule has 1 aliphatic heterocycles. The Hall–Kier alpha value is -1.51. The number of carbonyl (C=O) groups is 1. The van der Waals surface area contributed by atoms with E-state index in [0.29, 0.717) is 11.8 Å². The van der Waals surface area contributed by atoms with Gasteiger partial charge in [0.15, 0.2) is 11.5 Å². The molecule has 2 heterocycles. The molecule has 0 bridgehead atoms. The van der Waals surface area contributed by atoms with Gasteiger partial charge in [-0.15, -0.1) is 10.2 Å². The first-order valence-corrected chi connectivity index (χ1v) is 7.44. The molecule has 9 heteroatoms. The Morgan fingerprint density at radius 2 is 2.10 bits per heavy atom. The first-order valence-electron chi connectivity index (χ1n) is 6.39. The number of rotatable bonds is 1. The van der Waals surface area contributed by atoms with Crippen molar-refractivity contribution >= 4 is 23.6 Å². The molecule has 1 aromatic heterocycles. The highest BCUT2D eigenvalue weighted by molar-refractivity contribution is 8.00. The molecule has 0 saturated carbocycles. The maximum absolute atomic E-state index is 12.4. The molecule has 0 spiro atoms. The average Bonchev–Trinajstić information content (AvgIpc) is 2.41. The molecule has 1 fully saturated rings. The molecule has 1 aromatic rings. The van der Waals surface area contributed by atoms with Crippen LogP contribution in [0.2, 0.25) is 0 Å². The number of nitrogens with one attached hydrogen (secondary N) is 1. The highest BCUT2D eigenvalue weighted by atomic mass is 32.2. The van der Waals surface area contributed by atoms with Gasteiger partial charge in [0.2, 0.25) is 0 Å². The highest BCUT2D eigenvalue weighted by Gasteiger charge is 2.33. The second-order valence-corrected chi connectivity index (χ2v) is 6.23. The predicted octanol–water partition coefficient (Wildman–Crippen LogP) is 2.85. The average molecular weight is 320 g/mol. The molecule has 0 unspecified atom stereocenters. The first kappa shape index (κ1) is 15.9. The molecular weight excluding hydrogens is 305 g/mol. The molecule has 2 amide bonds. The van der Waals surface area contributed by atoms with E-state index < -0.39 is 11.9 Å². The number of hydrogen-bond donors (Lipinski definition) is 1. The maximum atomic E-state index is 12.4. The Kier molecular flexibility index (Phi) is 4.60. The number of halogens is 3. The van der Waals surface area contributed by atoms with Crippen molar-refractivity contribution in [3.8, 4) is 0 Å². The number of carbonyl (C=O) groups excluding carboxylic acids is 1. The van der Waals surface area contributed by atoms with E-state index in [0.717, 1.165) is 17.9 Å². The summed E-state index contributed by atoms with van der Waals surface area (Å²) < 4.78 is 37.1. The van der Waals surface area contributed by atoms with Crippen molar-refractivity contribution in [3.63, 3.8) is 0 Å². The number of thioether (sulfide) groups is 1. The van der Waals surface area contributed by atoms with Gasteiger partial charge in [0, 0.05) is 23.6 Å². The van der Waals surface area contributed by atoms with Gasteiger partial charge in [-0.3, -0.25) is 5.32 Å². The van der Waals surface area contributed by atoms with Crippen LogP contribution in [0.3, 0.4) is 0 Å². The molecular formula is C12H15F3N4OS. The molecule has 0 aliphatic carbocycles. The van der Waals surface area contributed by atoms with Crippen molar-refractivity contribution in [2.75, 3.05) is 17.6 Å². The lowest BCUT2D eigenvalue weighted by Gasteiger charge is -2.37. The van der Waals surface area contributed by atoms with Crippen LogP contribution in [0.4, 0.5) is 23.8 Å². The summed E-state index contributed by atoms with van der Waals surface area (Å²) in [5.41, 5.74) is -1.09. The summed E-state index contributed by atoms with van der Waals surface area (Å²) >= 11 is 1.78. The molecule has 21 heavy (non-hydrogen) atoms. The van der Waals surface area contributed by atoms with Crippen molar-refractivity contribution in [3.05, 3.63) is 17.8 Å². The Labute approximate surface area is 124 Å². The lowest BCUT2D eigenvalue weighted by Crippen LogP contribution is -2.49. The van der Waals surface area contributed by atoms with E-state index in [-0.39, 0.29) is 17.9 Å². The summed E-state index contributed by atoms with van der Waals surface area (Å²) in [6, 6.07) is 1.57. The fourth-order valence-electron chi connectivity index (χ4n) is 1.95. The van der Waals surface area contributed by atoms with Gasteiger partial charge in [0.1, 0.15) is 0 Å². The SMILES string of the molecule is C[C@H]1SCCN(C(=O)Nc2ccc(C(F)(F)F)nn2)[C@H]1C. The molecule has 1 N–H and O–H groups in total. The Balaban J connectivity index is 2.02. The number of alkyl halides is 3. The van der Waals surface area contributed by atoms with Gasteiger partial charge in [-0.1, -0.05) is 6.92 Å². The molecule has 1 saturated heterocycles. The van der Waals surface area contributed by atoms with Crippen molar-refractivity contribution in [2.45, 2.75) is 31.3 Å². The Morgan fingerprint density at radius 1 is 1.38 bits per heavy atom. The monoisotopic (exact) mass is 320 g/mol. The number of aromatic nitrogens is 2. The standard InChI is InChI=1S/C12H15F3N4OS/c1-7-8(2)21-6-5-19(7)11(20)16-10-4-3-9(17-18-10)12(13,14)15/h3-4,7-8H,5-6H2,1-2H3,(H,16,18,20)/t7-,8+/m0/s1. The van der Waals surface area contributed by atoms with Crippen LogP contribution in [0.15, 0.2) is 12.1 Å². The third-order valence-corrected chi connectivity index (χ3v) is 4.67. The second-order valence-electron chi connectivity index (χ2n) is 4.74. The lowest BCUT2D eigenvalue weighted by molar-refractivity contribution is -0.141. The van der Waals surface area contributed by atoms with E-state index in [2.05, 4.69) is 15.5 Å². The lowest BCUT2D eigenvalue weighted by atomic mass is 10.2. The number of nitrogens with zero attached hydrogens (tertiary/aromatic N) is 3. The number of anilines is 1. The zero-order valence-corrected chi connectivity index (χ0v) is 12.3. The second kappa shape index (κ2) is 6.08. The summed E-state index contributed by atoms with van der Waals surface area (Å²) in [6.07, 6.45) is -4.54. The van der Waals surface area contributed by atoms with Crippen LogP contribution in [0, 0.1) is 0 Å². The van der Waals surface area contributed by atoms with Crippen LogP contribution in [0.25, 0.3) is 0 Å². The largest absolute Gasteiger partial charge is 0.435 e. The van der Waals surface area contributed by atoms with Crippen molar-refractivity contribution in [1.82, 2.24) is 15.1 Å². The smallest absolute Gasteiger partial charge is 0.320 e. The molecule has 0 aromatic carbocycles. The maximum Gasteiger partial charge on any atom is 0.435 e. The van der Waals surface area contributed by atoms with Crippen LogP contribution in [0.5, 0.6) is 0 Å². The topological polar surface area (TPSA) is 58.1 Å². The molecule has 0 radical (unpaired) electrons. The van der Waals surface area contributed by atoms with Crippen LogP contribution in [-0.4, -0.2) is 44.7 Å². The Morgan fingerprint density at radius 3 is 2.67 bits per heavy atom. The number of amides is 2. The minimum atomic E-state index is -4.54. The van der Waals surface area contributed by atoms with Gasteiger partial charge >= 0.3 is 12.2 Å². The molecule has 1 aliphatic rings. The van der Waals surface area contributed by atoms with Crippen LogP contribution in [0.1, 0.15) is 19.5 Å². The zero-order valence-electron chi connectivity index (χ0n) is 11.5. The van der Waals surface area contributed by atoms with Gasteiger partial charge in [-0.25, -0.2) is 4.79 Å². The van der Waals surface area contributed by atoms with Gasteiger partial charge in [0.05, 0.1) is 0 Å². The van der Waals surface area contributed by atoms with Gasteiger partial charge in [0.25, 0.3) is 0 Å². The summed E-state index contributed by atoms with van der Waals surface area (Å²) in [6.45, 7) is 4.57. The van der Waals surface area contributed by atoms with E-state index >= 15 is 0 Å². The summed E-state index contributed by atoms with van der Waals surface area (Å²) in [7, 11) is 0. The van der Waals surface area contributed by atoms with Crippen LogP contribution >= 0.6 is 11.8 Å². The minimum Gasteiger partial charge on any atom is -0.320 e. The van der Waals surface area contributed by atoms with Crippen molar-refractivity contribution in [2.24, 2.45) is 0 Å². The number of hydrogen-bond acceptors (Lipinski definition) is 4. The molecule has 116 valence electrons. The number of urea groups is 1. The summed E-state index contributed by atoms with van der Waals surface area (Å²) in [5.74, 6) is 0.837. The Bertz CT molecular complexity index is 508. The molecule has 2 atom stereocenters. The third kappa shape index (κ3) is 3.78. The predicted molar refractivity (Wildman–Crippen MR) is 74.1 cm³/mol. The normalized spacial score (nSPS) is 23.0. The summed E-state index contributed by atoms with van der Waals surface area (Å²) in [5, 5.41) is 9.25. The van der Waals surface area contributed by atoms with Crippen LogP contribution < -0.4 is 5.32 Å². The van der Waals surface area contributed by atoms with Crippen LogP contribution in [-0.2, 0) is 6.18 Å². The van der Waals surface area contributed by atoms with E-state index in [9.17, 15) is 18.0 Å². The van der Waals surface area contributed by atoms with Crippen molar-refractivity contribution < 1.29 is 18.0 Å². The van der Waals surface area contributed by atoms with Gasteiger partial charge in [-0.2, -0.15) is 24.9 Å². The zero-order chi connectivity index (χ0) is 15.6. The highest BCUT2D eigenvalue weighted by Crippen LogP contribution is 2.27. The fraction of sp³-hybridized carbons (Fsp3) is 0.583. The van der Waals surface area contributed by atoms with E-state index in [1.807, 2.05) is 13.8 Å². The van der Waals surface area contributed by atoms with E-state index in [1.165, 1.54) is 0 Å². The van der Waals surface area contributed by atoms with Gasteiger partial charge in [-0.05, 0) is 19.1 Å². The van der Waals surface area contributed by atoms with E-state index in [4.69, 9.17) is 0 Å². The molecule has 2 rings (SSSR count). The summed E-state index contributed by atoms with van der Waals surface area (Å²) in [4.78, 5) is 13.8.